The fraction of sp³-hybridized carbons (Fsp3) is 0.400. The molecule has 0 bridgehead atoms. The van der Waals surface area contributed by atoms with Gasteiger partial charge in [0, 0.05) is 5.75 Å². The first kappa shape index (κ1) is 16.0. The third kappa shape index (κ3) is 5.17. The van der Waals surface area contributed by atoms with Crippen LogP contribution in [0.15, 0.2) is 23.4 Å². The van der Waals surface area contributed by atoms with Crippen LogP contribution in [0, 0.1) is 13.8 Å². The number of hydrogen-bond acceptors (Lipinski definition) is 5. The molecular weight excluding hydrogens is 306 g/mol. The Morgan fingerprint density at radius 3 is 2.38 bits per heavy atom. The predicted molar refractivity (Wildman–Crippen MR) is 86.1 cm³/mol. The van der Waals surface area contributed by atoms with E-state index in [1.165, 1.54) is 28.5 Å². The topological polar surface area (TPSA) is 47.9 Å². The van der Waals surface area contributed by atoms with Crippen LogP contribution in [-0.2, 0) is 5.75 Å². The van der Waals surface area contributed by atoms with Crippen LogP contribution < -0.4 is 4.74 Å². The molecule has 0 spiro atoms. The number of halogens is 1. The van der Waals surface area contributed by atoms with Gasteiger partial charge in [-0.05, 0) is 44.9 Å². The van der Waals surface area contributed by atoms with Gasteiger partial charge in [-0.2, -0.15) is 15.0 Å². The van der Waals surface area contributed by atoms with E-state index in [1.807, 2.05) is 13.8 Å². The standard InChI is InChI=1S/C15H18ClN3OS/c1-9(2)20-14-17-13(16)18-15(19-14)21-8-12-6-10(3)5-11(4)7-12/h5-7,9H,8H2,1-4H3. The molecule has 0 amide bonds. The lowest BCUT2D eigenvalue weighted by Crippen LogP contribution is -2.09. The highest BCUT2D eigenvalue weighted by molar-refractivity contribution is 7.98. The van der Waals surface area contributed by atoms with E-state index in [4.69, 9.17) is 16.3 Å². The highest BCUT2D eigenvalue weighted by Gasteiger charge is 2.09. The van der Waals surface area contributed by atoms with Crippen LogP contribution in [0.2, 0.25) is 5.28 Å². The van der Waals surface area contributed by atoms with Crippen molar-refractivity contribution in [3.05, 3.63) is 40.2 Å². The molecule has 21 heavy (non-hydrogen) atoms. The number of aromatic nitrogens is 3. The SMILES string of the molecule is Cc1cc(C)cc(CSc2nc(Cl)nc(OC(C)C)n2)c1. The smallest absolute Gasteiger partial charge is 0.321 e. The molecule has 0 fully saturated rings. The minimum Gasteiger partial charge on any atom is -0.461 e. The van der Waals surface area contributed by atoms with E-state index < -0.39 is 0 Å². The van der Waals surface area contributed by atoms with E-state index in [1.54, 1.807) is 0 Å². The van der Waals surface area contributed by atoms with E-state index in [0.29, 0.717) is 5.16 Å². The first-order valence-electron chi connectivity index (χ1n) is 6.70. The molecule has 1 heterocycles. The van der Waals surface area contributed by atoms with Gasteiger partial charge in [0.2, 0.25) is 5.28 Å². The summed E-state index contributed by atoms with van der Waals surface area (Å²) in [6.07, 6.45) is 0.000684. The maximum atomic E-state index is 5.91. The molecule has 0 saturated carbocycles. The molecule has 0 atom stereocenters. The Bertz CT molecular complexity index is 614. The van der Waals surface area contributed by atoms with Gasteiger partial charge in [-0.1, -0.05) is 41.1 Å². The minimum atomic E-state index is 0.000684. The second-order valence-corrected chi connectivity index (χ2v) is 6.40. The zero-order valence-electron chi connectivity index (χ0n) is 12.6. The number of nitrogens with zero attached hydrogens (tertiary/aromatic N) is 3. The summed E-state index contributed by atoms with van der Waals surface area (Å²) >= 11 is 7.43. The molecule has 0 aliphatic heterocycles. The van der Waals surface area contributed by atoms with Gasteiger partial charge in [0.25, 0.3) is 0 Å². The summed E-state index contributed by atoms with van der Waals surface area (Å²) in [5, 5.41) is 0.730. The lowest BCUT2D eigenvalue weighted by atomic mass is 10.1. The molecule has 6 heteroatoms. The molecule has 112 valence electrons. The largest absolute Gasteiger partial charge is 0.461 e. The lowest BCUT2D eigenvalue weighted by molar-refractivity contribution is 0.219. The molecule has 4 nitrogen and oxygen atoms in total. The van der Waals surface area contributed by atoms with Crippen LogP contribution in [0.1, 0.15) is 30.5 Å². The molecule has 0 unspecified atom stereocenters. The van der Waals surface area contributed by atoms with E-state index in [-0.39, 0.29) is 17.4 Å². The van der Waals surface area contributed by atoms with Crippen molar-refractivity contribution in [2.75, 3.05) is 0 Å². The summed E-state index contributed by atoms with van der Waals surface area (Å²) in [6, 6.07) is 6.75. The molecule has 2 rings (SSSR count). The highest BCUT2D eigenvalue weighted by atomic mass is 35.5. The van der Waals surface area contributed by atoms with Crippen LogP contribution >= 0.6 is 23.4 Å². The second kappa shape index (κ2) is 7.09. The zero-order valence-corrected chi connectivity index (χ0v) is 14.1. The van der Waals surface area contributed by atoms with E-state index in [0.717, 1.165) is 5.75 Å². The van der Waals surface area contributed by atoms with Crippen molar-refractivity contribution in [3.8, 4) is 6.01 Å². The summed E-state index contributed by atoms with van der Waals surface area (Å²) in [4.78, 5) is 12.4. The van der Waals surface area contributed by atoms with Gasteiger partial charge >= 0.3 is 6.01 Å². The number of thioether (sulfide) groups is 1. The van der Waals surface area contributed by atoms with Crippen molar-refractivity contribution in [1.29, 1.82) is 0 Å². The minimum absolute atomic E-state index is 0.000684. The van der Waals surface area contributed by atoms with Crippen LogP contribution in [0.25, 0.3) is 0 Å². The van der Waals surface area contributed by atoms with Gasteiger partial charge in [-0.3, -0.25) is 0 Å². The molecule has 0 N–H and O–H groups in total. The lowest BCUT2D eigenvalue weighted by Gasteiger charge is -2.09. The summed E-state index contributed by atoms with van der Waals surface area (Å²) < 4.78 is 5.47. The molecule has 1 aromatic carbocycles. The predicted octanol–water partition coefficient (Wildman–Crippen LogP) is 4.22. The van der Waals surface area contributed by atoms with Crippen LogP contribution in [0.5, 0.6) is 6.01 Å². The third-order valence-corrected chi connectivity index (χ3v) is 3.65. The summed E-state index contributed by atoms with van der Waals surface area (Å²) in [6.45, 7) is 8.02. The number of ether oxygens (including phenoxy) is 1. The molecule has 0 aliphatic rings. The zero-order chi connectivity index (χ0) is 15.4. The third-order valence-electron chi connectivity index (χ3n) is 2.56. The van der Waals surface area contributed by atoms with Gasteiger partial charge in [0.15, 0.2) is 5.16 Å². The molecule has 2 aromatic rings. The quantitative estimate of drug-likeness (QED) is 0.771. The van der Waals surface area contributed by atoms with Crippen molar-refractivity contribution >= 4 is 23.4 Å². The Morgan fingerprint density at radius 1 is 1.10 bits per heavy atom. The number of hydrogen-bond donors (Lipinski definition) is 0. The van der Waals surface area contributed by atoms with Gasteiger partial charge in [-0.25, -0.2) is 0 Å². The molecular formula is C15H18ClN3OS. The van der Waals surface area contributed by atoms with Crippen molar-refractivity contribution in [2.24, 2.45) is 0 Å². The van der Waals surface area contributed by atoms with Crippen molar-refractivity contribution < 1.29 is 4.74 Å². The van der Waals surface area contributed by atoms with Gasteiger partial charge < -0.3 is 4.74 Å². The Labute approximate surface area is 134 Å². The average Bonchev–Trinajstić information content (AvgIpc) is 2.33. The Hall–Kier alpha value is -1.33. The molecule has 0 radical (unpaired) electrons. The summed E-state index contributed by atoms with van der Waals surface area (Å²) in [7, 11) is 0. The van der Waals surface area contributed by atoms with Crippen molar-refractivity contribution in [2.45, 2.75) is 44.7 Å². The van der Waals surface area contributed by atoms with Crippen LogP contribution in [0.4, 0.5) is 0 Å². The highest BCUT2D eigenvalue weighted by Crippen LogP contribution is 2.23. The Morgan fingerprint density at radius 2 is 1.76 bits per heavy atom. The van der Waals surface area contributed by atoms with Crippen LogP contribution in [0.3, 0.4) is 0 Å². The first-order chi connectivity index (χ1) is 9.92. The number of benzene rings is 1. The van der Waals surface area contributed by atoms with Crippen molar-refractivity contribution in [3.63, 3.8) is 0 Å². The first-order valence-corrected chi connectivity index (χ1v) is 8.07. The average molecular weight is 324 g/mol. The Balaban J connectivity index is 2.10. The van der Waals surface area contributed by atoms with E-state index in [9.17, 15) is 0 Å². The Kier molecular flexibility index (Phi) is 5.42. The van der Waals surface area contributed by atoms with Crippen molar-refractivity contribution in [1.82, 2.24) is 15.0 Å². The van der Waals surface area contributed by atoms with Gasteiger partial charge in [0.1, 0.15) is 0 Å². The number of rotatable bonds is 5. The maximum absolute atomic E-state index is 5.91. The molecule has 0 saturated heterocycles. The van der Waals surface area contributed by atoms with E-state index >= 15 is 0 Å². The molecule has 1 aromatic heterocycles. The summed E-state index contributed by atoms with van der Waals surface area (Å²) in [5.74, 6) is 0.782. The van der Waals surface area contributed by atoms with Gasteiger partial charge in [-0.15, -0.1) is 0 Å². The monoisotopic (exact) mass is 323 g/mol. The fourth-order valence-corrected chi connectivity index (χ4v) is 2.90. The van der Waals surface area contributed by atoms with Crippen LogP contribution in [-0.4, -0.2) is 21.1 Å². The van der Waals surface area contributed by atoms with E-state index in [2.05, 4.69) is 47.0 Å². The fourth-order valence-electron chi connectivity index (χ4n) is 1.94. The number of aryl methyl sites for hydroxylation is 2. The maximum Gasteiger partial charge on any atom is 0.321 e. The van der Waals surface area contributed by atoms with Gasteiger partial charge in [0.05, 0.1) is 6.10 Å². The second-order valence-electron chi connectivity index (χ2n) is 5.12. The summed E-state index contributed by atoms with van der Waals surface area (Å²) in [5.41, 5.74) is 3.74. The normalized spacial score (nSPS) is 11.0. The molecule has 0 aliphatic carbocycles.